The van der Waals surface area contributed by atoms with Gasteiger partial charge in [-0.15, -0.1) is 0 Å². The molecule has 1 aromatic carbocycles. The van der Waals surface area contributed by atoms with Gasteiger partial charge >= 0.3 is 5.97 Å². The van der Waals surface area contributed by atoms with Crippen molar-refractivity contribution in [2.45, 2.75) is 57.8 Å². The lowest BCUT2D eigenvalue weighted by Crippen LogP contribution is -2.45. The fourth-order valence-electron chi connectivity index (χ4n) is 5.75. The van der Waals surface area contributed by atoms with Gasteiger partial charge in [-0.2, -0.15) is 0 Å². The number of fused-ring (bicyclic) bond motifs is 1. The molecule has 4 rings (SSSR count). The summed E-state index contributed by atoms with van der Waals surface area (Å²) in [5.74, 6) is -0.851. The second kappa shape index (κ2) is 9.30. The molecule has 2 unspecified atom stereocenters. The minimum absolute atomic E-state index is 0.0225. The number of hydrogen-bond acceptors (Lipinski definition) is 7. The first-order valence-corrected chi connectivity index (χ1v) is 13.6. The van der Waals surface area contributed by atoms with Gasteiger partial charge in [-0.25, -0.2) is 12.7 Å². The molecule has 2 amide bonds. The van der Waals surface area contributed by atoms with Crippen LogP contribution in [0, 0.1) is 11.8 Å². The minimum atomic E-state index is -3.71. The minimum Gasteiger partial charge on any atom is -0.468 e. The van der Waals surface area contributed by atoms with Crippen LogP contribution in [0.15, 0.2) is 24.3 Å². The molecule has 9 nitrogen and oxygen atoms in total. The quantitative estimate of drug-likeness (QED) is 0.555. The number of hydrogen-bond donors (Lipinski definition) is 0. The number of methoxy groups -OCH3 is 1. The van der Waals surface area contributed by atoms with Crippen molar-refractivity contribution in [2.75, 3.05) is 26.5 Å². The van der Waals surface area contributed by atoms with Gasteiger partial charge in [0.1, 0.15) is 6.04 Å². The molecular formula is C24H33N3O6S. The van der Waals surface area contributed by atoms with Crippen molar-refractivity contribution in [2.24, 2.45) is 11.8 Å². The Kier molecular flexibility index (Phi) is 6.74. The first kappa shape index (κ1) is 24.7. The molecule has 3 aliphatic heterocycles. The highest BCUT2D eigenvalue weighted by molar-refractivity contribution is 7.88. The van der Waals surface area contributed by atoms with E-state index in [2.05, 4.69) is 4.90 Å². The molecule has 3 fully saturated rings. The number of likely N-dealkylation sites (tertiary alicyclic amines) is 2. The molecule has 3 aliphatic rings. The molecule has 34 heavy (non-hydrogen) atoms. The molecule has 0 spiro atoms. The Balaban J connectivity index is 1.51. The lowest BCUT2D eigenvalue weighted by atomic mass is 9.89. The van der Waals surface area contributed by atoms with Crippen LogP contribution in [-0.2, 0) is 30.9 Å². The van der Waals surface area contributed by atoms with E-state index in [1.807, 2.05) is 26.0 Å². The molecule has 3 heterocycles. The normalized spacial score (nSPS) is 27.5. The van der Waals surface area contributed by atoms with Gasteiger partial charge in [0.15, 0.2) is 0 Å². The van der Waals surface area contributed by atoms with Crippen LogP contribution < -0.4 is 0 Å². The molecule has 0 radical (unpaired) electrons. The van der Waals surface area contributed by atoms with Crippen molar-refractivity contribution < 1.29 is 27.5 Å². The summed E-state index contributed by atoms with van der Waals surface area (Å²) in [7, 11) is -2.31. The predicted molar refractivity (Wildman–Crippen MR) is 125 cm³/mol. The monoisotopic (exact) mass is 491 g/mol. The standard InChI is InChI=1S/C24H33N3O6S/c1-15(2)18-14-26(20-12-21(28)27(22(18)20)34(4,31)32)23(29)17-9-7-16(8-10-17)13-25-11-5-6-19(25)24(30)33-3/h7-10,15,18-20,22H,5-6,11-14H2,1-4H3/t18?,19?,20-,22+/m1/s1. The van der Waals surface area contributed by atoms with E-state index >= 15 is 0 Å². The zero-order valence-corrected chi connectivity index (χ0v) is 21.0. The molecule has 186 valence electrons. The molecule has 0 saturated carbocycles. The zero-order chi connectivity index (χ0) is 24.8. The number of sulfonamides is 1. The van der Waals surface area contributed by atoms with Gasteiger partial charge in [-0.1, -0.05) is 26.0 Å². The number of amides is 2. The Morgan fingerprint density at radius 1 is 1.18 bits per heavy atom. The average molecular weight is 492 g/mol. The maximum absolute atomic E-state index is 13.4. The maximum Gasteiger partial charge on any atom is 0.323 e. The highest BCUT2D eigenvalue weighted by Gasteiger charge is 2.56. The summed E-state index contributed by atoms with van der Waals surface area (Å²) in [4.78, 5) is 41.8. The van der Waals surface area contributed by atoms with E-state index in [-0.39, 0.29) is 36.2 Å². The van der Waals surface area contributed by atoms with Crippen LogP contribution >= 0.6 is 0 Å². The molecule has 10 heteroatoms. The summed E-state index contributed by atoms with van der Waals surface area (Å²) in [5.41, 5.74) is 1.49. The number of benzene rings is 1. The van der Waals surface area contributed by atoms with E-state index < -0.39 is 28.0 Å². The van der Waals surface area contributed by atoms with E-state index in [0.717, 1.165) is 35.5 Å². The largest absolute Gasteiger partial charge is 0.468 e. The summed E-state index contributed by atoms with van der Waals surface area (Å²) in [6.45, 7) is 5.82. The summed E-state index contributed by atoms with van der Waals surface area (Å²) in [6, 6.07) is 6.10. The summed E-state index contributed by atoms with van der Waals surface area (Å²) >= 11 is 0. The number of esters is 1. The van der Waals surface area contributed by atoms with Crippen molar-refractivity contribution in [3.05, 3.63) is 35.4 Å². The van der Waals surface area contributed by atoms with Gasteiger partial charge in [-0.3, -0.25) is 19.3 Å². The predicted octanol–water partition coefficient (Wildman–Crippen LogP) is 1.48. The Hall–Kier alpha value is -2.46. The fourth-order valence-corrected chi connectivity index (χ4v) is 6.94. The van der Waals surface area contributed by atoms with Crippen LogP contribution in [0.5, 0.6) is 0 Å². The van der Waals surface area contributed by atoms with E-state index in [9.17, 15) is 22.8 Å². The van der Waals surface area contributed by atoms with Crippen molar-refractivity contribution in [3.63, 3.8) is 0 Å². The van der Waals surface area contributed by atoms with Gasteiger partial charge in [0, 0.05) is 24.6 Å². The lowest BCUT2D eigenvalue weighted by Gasteiger charge is -2.28. The van der Waals surface area contributed by atoms with E-state index in [4.69, 9.17) is 4.74 Å². The van der Waals surface area contributed by atoms with Crippen LogP contribution in [-0.4, -0.2) is 84.9 Å². The second-order valence-electron chi connectivity index (χ2n) is 9.93. The molecule has 0 aromatic heterocycles. The molecule has 4 atom stereocenters. The first-order valence-electron chi connectivity index (χ1n) is 11.8. The van der Waals surface area contributed by atoms with Gasteiger partial charge in [0.2, 0.25) is 15.9 Å². The third kappa shape index (κ3) is 4.45. The molecule has 0 aliphatic carbocycles. The topological polar surface area (TPSA) is 104 Å². The highest BCUT2D eigenvalue weighted by atomic mass is 32.2. The SMILES string of the molecule is COC(=O)C1CCCN1Cc1ccc(C(=O)N2CC(C(C)C)[C@H]3[C@H]2CC(=O)N3S(C)(=O)=O)cc1. The van der Waals surface area contributed by atoms with Crippen LogP contribution in [0.1, 0.15) is 49.0 Å². The number of carbonyl (C=O) groups excluding carboxylic acids is 3. The average Bonchev–Trinajstić information content (AvgIpc) is 3.46. The number of carbonyl (C=O) groups is 3. The lowest BCUT2D eigenvalue weighted by molar-refractivity contribution is -0.146. The molecule has 0 N–H and O–H groups in total. The molecular weight excluding hydrogens is 458 g/mol. The molecule has 0 bridgehead atoms. The van der Waals surface area contributed by atoms with Crippen LogP contribution in [0.25, 0.3) is 0 Å². The zero-order valence-electron chi connectivity index (χ0n) is 20.1. The van der Waals surface area contributed by atoms with Gasteiger partial charge < -0.3 is 9.64 Å². The van der Waals surface area contributed by atoms with Gasteiger partial charge in [-0.05, 0) is 43.0 Å². The van der Waals surface area contributed by atoms with E-state index in [0.29, 0.717) is 18.7 Å². The maximum atomic E-state index is 13.4. The Morgan fingerprint density at radius 3 is 2.44 bits per heavy atom. The van der Waals surface area contributed by atoms with E-state index in [1.165, 1.54) is 7.11 Å². The Bertz CT molecular complexity index is 1070. The van der Waals surface area contributed by atoms with Crippen molar-refractivity contribution in [3.8, 4) is 0 Å². The Labute approximate surface area is 201 Å². The third-order valence-corrected chi connectivity index (χ3v) is 8.60. The van der Waals surface area contributed by atoms with Crippen molar-refractivity contribution >= 4 is 27.8 Å². The van der Waals surface area contributed by atoms with E-state index in [1.54, 1.807) is 17.0 Å². The number of rotatable bonds is 6. The van der Waals surface area contributed by atoms with Crippen molar-refractivity contribution in [1.29, 1.82) is 0 Å². The summed E-state index contributed by atoms with van der Waals surface area (Å²) < 4.78 is 30.6. The summed E-state index contributed by atoms with van der Waals surface area (Å²) in [5, 5.41) is 0. The second-order valence-corrected chi connectivity index (χ2v) is 11.8. The Morgan fingerprint density at radius 2 is 1.85 bits per heavy atom. The molecule has 3 saturated heterocycles. The van der Waals surface area contributed by atoms with Gasteiger partial charge in [0.05, 0.1) is 31.9 Å². The number of ether oxygens (including phenoxy) is 1. The van der Waals surface area contributed by atoms with Crippen LogP contribution in [0.3, 0.4) is 0 Å². The molecule has 1 aromatic rings. The van der Waals surface area contributed by atoms with Gasteiger partial charge in [0.25, 0.3) is 5.91 Å². The summed E-state index contributed by atoms with van der Waals surface area (Å²) in [6.07, 6.45) is 2.79. The fraction of sp³-hybridized carbons (Fsp3) is 0.625. The first-order chi connectivity index (χ1) is 16.0. The van der Waals surface area contributed by atoms with Crippen LogP contribution in [0.4, 0.5) is 0 Å². The van der Waals surface area contributed by atoms with Crippen molar-refractivity contribution in [1.82, 2.24) is 14.1 Å². The number of nitrogens with zero attached hydrogens (tertiary/aromatic N) is 3. The third-order valence-electron chi connectivity index (χ3n) is 7.44. The van der Waals surface area contributed by atoms with Crippen LogP contribution in [0.2, 0.25) is 0 Å². The smallest absolute Gasteiger partial charge is 0.323 e. The highest BCUT2D eigenvalue weighted by Crippen LogP contribution is 2.41.